The fraction of sp³-hybridized carbons (Fsp3) is 0.643. The molecule has 1 fully saturated rings. The van der Waals surface area contributed by atoms with E-state index in [9.17, 15) is 4.79 Å². The van der Waals surface area contributed by atoms with E-state index in [1.165, 1.54) is 18.9 Å². The Bertz CT molecular complexity index is 355. The summed E-state index contributed by atoms with van der Waals surface area (Å²) in [4.78, 5) is 14.2. The highest BCUT2D eigenvalue weighted by atomic mass is 16.5. The Morgan fingerprint density at radius 3 is 3.00 bits per heavy atom. The van der Waals surface area contributed by atoms with E-state index in [4.69, 9.17) is 9.15 Å². The predicted molar refractivity (Wildman–Crippen MR) is 68.5 cm³/mol. The third kappa shape index (κ3) is 3.35. The summed E-state index contributed by atoms with van der Waals surface area (Å²) in [7, 11) is 0. The summed E-state index contributed by atoms with van der Waals surface area (Å²) in [5.74, 6) is 0.0415. The molecule has 100 valence electrons. The molecular weight excluding hydrogens is 230 g/mol. The van der Waals surface area contributed by atoms with Crippen molar-refractivity contribution in [2.45, 2.75) is 38.7 Å². The smallest absolute Gasteiger partial charge is 0.257 e. The maximum absolute atomic E-state index is 12.3. The van der Waals surface area contributed by atoms with E-state index in [1.54, 1.807) is 6.07 Å². The summed E-state index contributed by atoms with van der Waals surface area (Å²) in [5, 5.41) is 0. The molecule has 1 aromatic heterocycles. The van der Waals surface area contributed by atoms with Crippen LogP contribution in [0.4, 0.5) is 0 Å². The molecular formula is C14H21NO3. The molecule has 4 heteroatoms. The second-order valence-electron chi connectivity index (χ2n) is 4.75. The van der Waals surface area contributed by atoms with Crippen LogP contribution in [-0.2, 0) is 4.74 Å². The molecule has 0 N–H and O–H groups in total. The average Bonchev–Trinajstić information content (AvgIpc) is 2.92. The molecule has 0 spiro atoms. The minimum atomic E-state index is 0.0415. The van der Waals surface area contributed by atoms with Crippen LogP contribution in [0.2, 0.25) is 0 Å². The van der Waals surface area contributed by atoms with Gasteiger partial charge in [0.25, 0.3) is 5.91 Å². The lowest BCUT2D eigenvalue weighted by Gasteiger charge is -2.29. The van der Waals surface area contributed by atoms with Gasteiger partial charge in [0.05, 0.1) is 17.9 Å². The fourth-order valence-corrected chi connectivity index (χ4v) is 2.31. The van der Waals surface area contributed by atoms with Gasteiger partial charge in [-0.2, -0.15) is 0 Å². The topological polar surface area (TPSA) is 42.7 Å². The monoisotopic (exact) mass is 251 g/mol. The second kappa shape index (κ2) is 6.59. The summed E-state index contributed by atoms with van der Waals surface area (Å²) < 4.78 is 10.7. The molecule has 1 aliphatic rings. The summed E-state index contributed by atoms with van der Waals surface area (Å²) >= 11 is 0. The highest BCUT2D eigenvalue weighted by Gasteiger charge is 2.22. The minimum absolute atomic E-state index is 0.0415. The zero-order valence-electron chi connectivity index (χ0n) is 10.9. The Balaban J connectivity index is 1.96. The highest BCUT2D eigenvalue weighted by Crippen LogP contribution is 2.15. The first-order chi connectivity index (χ1) is 8.81. The van der Waals surface area contributed by atoms with E-state index < -0.39 is 0 Å². The van der Waals surface area contributed by atoms with Crippen LogP contribution in [0.1, 0.15) is 43.0 Å². The molecule has 2 rings (SSSR count). The van der Waals surface area contributed by atoms with Gasteiger partial charge in [0.1, 0.15) is 6.26 Å². The third-order valence-corrected chi connectivity index (χ3v) is 3.25. The van der Waals surface area contributed by atoms with Crippen LogP contribution in [0.5, 0.6) is 0 Å². The van der Waals surface area contributed by atoms with Gasteiger partial charge in [-0.25, -0.2) is 0 Å². The summed E-state index contributed by atoms with van der Waals surface area (Å²) in [5.41, 5.74) is 0.624. The Hall–Kier alpha value is -1.29. The van der Waals surface area contributed by atoms with Crippen molar-refractivity contribution < 1.29 is 13.9 Å². The second-order valence-corrected chi connectivity index (χ2v) is 4.75. The Morgan fingerprint density at radius 2 is 2.39 bits per heavy atom. The molecule has 0 aromatic carbocycles. The highest BCUT2D eigenvalue weighted by molar-refractivity contribution is 5.93. The van der Waals surface area contributed by atoms with Crippen LogP contribution < -0.4 is 0 Å². The Morgan fingerprint density at radius 1 is 1.50 bits per heavy atom. The molecule has 1 amide bonds. The number of rotatable bonds is 5. The number of nitrogens with zero attached hydrogens (tertiary/aromatic N) is 1. The van der Waals surface area contributed by atoms with Crippen molar-refractivity contribution in [3.63, 3.8) is 0 Å². The van der Waals surface area contributed by atoms with Gasteiger partial charge < -0.3 is 14.1 Å². The first kappa shape index (κ1) is 13.1. The molecule has 2 heterocycles. The molecule has 4 nitrogen and oxygen atoms in total. The predicted octanol–water partition coefficient (Wildman–Crippen LogP) is 2.70. The lowest BCUT2D eigenvalue weighted by molar-refractivity contribution is -0.00385. The van der Waals surface area contributed by atoms with Gasteiger partial charge in [-0.05, 0) is 31.7 Å². The van der Waals surface area contributed by atoms with Crippen molar-refractivity contribution in [1.82, 2.24) is 4.90 Å². The summed E-state index contributed by atoms with van der Waals surface area (Å²) in [6, 6.07) is 1.72. The van der Waals surface area contributed by atoms with Crippen molar-refractivity contribution in [2.75, 3.05) is 19.7 Å². The van der Waals surface area contributed by atoms with Crippen LogP contribution in [-0.4, -0.2) is 36.6 Å². The SMILES string of the molecule is CCCN(C[C@@H]1CCCCO1)C(=O)c1ccoc1. The standard InChI is InChI=1S/C14H21NO3/c1-2-7-15(10-13-5-3-4-8-18-13)14(16)12-6-9-17-11-12/h6,9,11,13H,2-5,7-8,10H2,1H3/t13-/m0/s1. The van der Waals surface area contributed by atoms with Crippen molar-refractivity contribution in [1.29, 1.82) is 0 Å². The number of amides is 1. The van der Waals surface area contributed by atoms with Crippen molar-refractivity contribution in [2.24, 2.45) is 0 Å². The van der Waals surface area contributed by atoms with Crippen molar-refractivity contribution in [3.8, 4) is 0 Å². The Kier molecular flexibility index (Phi) is 4.81. The number of carbonyl (C=O) groups is 1. The normalized spacial score (nSPS) is 19.7. The molecule has 1 atom stereocenters. The summed E-state index contributed by atoms with van der Waals surface area (Å²) in [6.07, 6.45) is 7.59. The van der Waals surface area contributed by atoms with E-state index in [0.29, 0.717) is 12.1 Å². The number of carbonyl (C=O) groups excluding carboxylic acids is 1. The van der Waals surface area contributed by atoms with E-state index >= 15 is 0 Å². The maximum Gasteiger partial charge on any atom is 0.257 e. The lowest BCUT2D eigenvalue weighted by Crippen LogP contribution is -2.40. The van der Waals surface area contributed by atoms with E-state index in [-0.39, 0.29) is 12.0 Å². The fourth-order valence-electron chi connectivity index (χ4n) is 2.31. The zero-order chi connectivity index (χ0) is 12.8. The maximum atomic E-state index is 12.3. The molecule has 0 unspecified atom stereocenters. The number of hydrogen-bond donors (Lipinski definition) is 0. The molecule has 0 saturated carbocycles. The molecule has 0 bridgehead atoms. The van der Waals surface area contributed by atoms with E-state index in [0.717, 1.165) is 32.4 Å². The van der Waals surface area contributed by atoms with Crippen LogP contribution in [0.25, 0.3) is 0 Å². The van der Waals surface area contributed by atoms with E-state index in [1.807, 2.05) is 4.90 Å². The number of hydrogen-bond acceptors (Lipinski definition) is 3. The van der Waals surface area contributed by atoms with Crippen LogP contribution >= 0.6 is 0 Å². The van der Waals surface area contributed by atoms with Crippen LogP contribution in [0.3, 0.4) is 0 Å². The quantitative estimate of drug-likeness (QED) is 0.808. The van der Waals surface area contributed by atoms with Gasteiger partial charge in [-0.3, -0.25) is 4.79 Å². The first-order valence-corrected chi connectivity index (χ1v) is 6.74. The zero-order valence-corrected chi connectivity index (χ0v) is 10.9. The van der Waals surface area contributed by atoms with Gasteiger partial charge in [-0.1, -0.05) is 6.92 Å². The minimum Gasteiger partial charge on any atom is -0.472 e. The van der Waals surface area contributed by atoms with Crippen LogP contribution in [0, 0.1) is 0 Å². The average molecular weight is 251 g/mol. The third-order valence-electron chi connectivity index (χ3n) is 3.25. The molecule has 1 aliphatic heterocycles. The number of ether oxygens (including phenoxy) is 1. The van der Waals surface area contributed by atoms with Crippen molar-refractivity contribution >= 4 is 5.91 Å². The number of furan rings is 1. The van der Waals surface area contributed by atoms with Gasteiger partial charge in [0.15, 0.2) is 0 Å². The lowest BCUT2D eigenvalue weighted by atomic mass is 10.1. The van der Waals surface area contributed by atoms with Crippen LogP contribution in [0.15, 0.2) is 23.0 Å². The van der Waals surface area contributed by atoms with Gasteiger partial charge >= 0.3 is 0 Å². The Labute approximate surface area is 108 Å². The van der Waals surface area contributed by atoms with Gasteiger partial charge in [0.2, 0.25) is 0 Å². The molecule has 18 heavy (non-hydrogen) atoms. The summed E-state index contributed by atoms with van der Waals surface area (Å²) in [6.45, 7) is 4.36. The largest absolute Gasteiger partial charge is 0.472 e. The molecule has 0 radical (unpaired) electrons. The van der Waals surface area contributed by atoms with Gasteiger partial charge in [0, 0.05) is 19.7 Å². The van der Waals surface area contributed by atoms with Crippen molar-refractivity contribution in [3.05, 3.63) is 24.2 Å². The molecule has 1 aromatic rings. The van der Waals surface area contributed by atoms with E-state index in [2.05, 4.69) is 6.92 Å². The van der Waals surface area contributed by atoms with Gasteiger partial charge in [-0.15, -0.1) is 0 Å². The first-order valence-electron chi connectivity index (χ1n) is 6.74. The molecule has 1 saturated heterocycles. The molecule has 0 aliphatic carbocycles.